The summed E-state index contributed by atoms with van der Waals surface area (Å²) in [5.41, 5.74) is 8.33. The number of anilines is 1. The molecule has 0 saturated carbocycles. The Bertz CT molecular complexity index is 3070. The van der Waals surface area contributed by atoms with Gasteiger partial charge in [0.05, 0.1) is 33.8 Å². The molecule has 7 aromatic rings. The normalized spacial score (nSPS) is 13.7. The molecule has 0 spiro atoms. The van der Waals surface area contributed by atoms with Gasteiger partial charge in [0.2, 0.25) is 0 Å². The maximum absolute atomic E-state index is 13.3. The van der Waals surface area contributed by atoms with E-state index in [-0.39, 0.29) is 29.7 Å². The predicted octanol–water partition coefficient (Wildman–Crippen LogP) is 8.94. The van der Waals surface area contributed by atoms with Crippen LogP contribution >= 0.6 is 11.3 Å². The van der Waals surface area contributed by atoms with Crippen LogP contribution in [0, 0.1) is 39.0 Å². The fourth-order valence-corrected chi connectivity index (χ4v) is 9.85. The minimum Gasteiger partial charge on any atom is -0.460 e. The van der Waals surface area contributed by atoms with Gasteiger partial charge in [-0.15, -0.1) is 21.5 Å². The van der Waals surface area contributed by atoms with E-state index in [4.69, 9.17) is 9.73 Å². The molecular weight excluding hydrogens is 821 g/mol. The van der Waals surface area contributed by atoms with E-state index < -0.39 is 21.7 Å². The Hall–Kier alpha value is -6.89. The van der Waals surface area contributed by atoms with Crippen molar-refractivity contribution in [2.24, 2.45) is 4.99 Å². The second-order valence-electron chi connectivity index (χ2n) is 16.3. The van der Waals surface area contributed by atoms with E-state index in [0.29, 0.717) is 39.4 Å². The van der Waals surface area contributed by atoms with Crippen LogP contribution in [0.2, 0.25) is 0 Å². The number of benzene rings is 4. The Labute approximate surface area is 363 Å². The molecule has 8 rings (SSSR count). The molecule has 0 fully saturated rings. The molecule has 0 unspecified atom stereocenters. The van der Waals surface area contributed by atoms with Crippen molar-refractivity contribution in [3.05, 3.63) is 147 Å². The van der Waals surface area contributed by atoms with Crippen molar-refractivity contribution < 1.29 is 22.7 Å². The van der Waals surface area contributed by atoms with Gasteiger partial charge in [0.1, 0.15) is 28.5 Å². The van der Waals surface area contributed by atoms with Gasteiger partial charge < -0.3 is 15.0 Å². The van der Waals surface area contributed by atoms with Crippen molar-refractivity contribution in [1.29, 1.82) is 5.26 Å². The number of nitrogens with zero attached hydrogens (tertiary/aromatic N) is 5. The summed E-state index contributed by atoms with van der Waals surface area (Å²) < 4.78 is 36.9. The zero-order valence-corrected chi connectivity index (χ0v) is 36.9. The molecule has 4 heterocycles. The lowest BCUT2D eigenvalue weighted by Gasteiger charge is -2.21. The lowest BCUT2D eigenvalue weighted by molar-refractivity contribution is -0.155. The molecule has 3 aromatic heterocycles. The van der Waals surface area contributed by atoms with Crippen LogP contribution in [-0.2, 0) is 26.1 Å². The van der Waals surface area contributed by atoms with Gasteiger partial charge >= 0.3 is 5.97 Å². The minimum atomic E-state index is -3.94. The topological polar surface area (TPSA) is 184 Å². The smallest absolute Gasteiger partial charge is 0.308 e. The molecule has 1 aliphatic rings. The van der Waals surface area contributed by atoms with E-state index in [1.807, 2.05) is 75.6 Å². The number of carbonyl (C=O) groups excluding carboxylic acids is 2. The molecule has 1 amide bonds. The standard InChI is InChI=1S/C47H44N8O5S2/c1-26-8-21-37(43-40(26)35(23-48)25-49-43)54-62(58,59)36-19-9-30(10-20-36)24-50-45(57)34-17-13-32(14-18-34)31-11-15-33(16-12-31)42-41-27(2)28(3)61-46(41)55-29(4)52-53-44(55)38(51-42)22-39(56)60-47(5,6)7/h8-21,25,38,49,54H,22,24H2,1-7H3,(H,50,57)/t38-/m0/s1. The second-order valence-corrected chi connectivity index (χ2v) is 19.2. The number of hydrogen-bond donors (Lipinski definition) is 3. The van der Waals surface area contributed by atoms with Crippen LogP contribution in [0.15, 0.2) is 101 Å². The van der Waals surface area contributed by atoms with Gasteiger partial charge in [-0.3, -0.25) is 23.9 Å². The maximum Gasteiger partial charge on any atom is 0.308 e. The first-order chi connectivity index (χ1) is 29.5. The van der Waals surface area contributed by atoms with Crippen molar-refractivity contribution in [3.63, 3.8) is 0 Å². The molecule has 1 aliphatic heterocycles. The number of nitrogens with one attached hydrogen (secondary N) is 3. The zero-order chi connectivity index (χ0) is 44.1. The molecule has 0 radical (unpaired) electrons. The monoisotopic (exact) mass is 864 g/mol. The fraction of sp³-hybridized carbons (Fsp3) is 0.234. The molecule has 1 atom stereocenters. The number of aromatic amines is 1. The molecule has 0 bridgehead atoms. The third-order valence-corrected chi connectivity index (χ3v) is 13.3. The van der Waals surface area contributed by atoms with Crippen molar-refractivity contribution in [2.45, 2.75) is 78.0 Å². The van der Waals surface area contributed by atoms with Crippen molar-refractivity contribution in [3.8, 4) is 22.2 Å². The van der Waals surface area contributed by atoms with Crippen LogP contribution in [0.3, 0.4) is 0 Å². The molecule has 62 heavy (non-hydrogen) atoms. The number of rotatable bonds is 10. The summed E-state index contributed by atoms with van der Waals surface area (Å²) in [6.07, 6.45) is 1.57. The van der Waals surface area contributed by atoms with Crippen LogP contribution in [0.1, 0.15) is 93.5 Å². The van der Waals surface area contributed by atoms with Gasteiger partial charge in [-0.05, 0) is 107 Å². The van der Waals surface area contributed by atoms with Crippen LogP contribution < -0.4 is 10.0 Å². The Morgan fingerprint density at radius 1 is 0.903 bits per heavy atom. The summed E-state index contributed by atoms with van der Waals surface area (Å²) in [4.78, 5) is 35.8. The minimum absolute atomic E-state index is 0.0118. The average Bonchev–Trinajstić information content (AvgIpc) is 3.91. The number of esters is 1. The summed E-state index contributed by atoms with van der Waals surface area (Å²) >= 11 is 1.65. The van der Waals surface area contributed by atoms with Gasteiger partial charge in [0.15, 0.2) is 5.82 Å². The highest BCUT2D eigenvalue weighted by Crippen LogP contribution is 2.40. The molecule has 0 aliphatic carbocycles. The van der Waals surface area contributed by atoms with Crippen LogP contribution in [-0.4, -0.2) is 51.4 Å². The lowest BCUT2D eigenvalue weighted by atomic mass is 9.96. The second kappa shape index (κ2) is 16.2. The highest BCUT2D eigenvalue weighted by molar-refractivity contribution is 7.92. The summed E-state index contributed by atoms with van der Waals surface area (Å²) in [5, 5.41) is 22.9. The third kappa shape index (κ3) is 8.14. The SMILES string of the molecule is Cc1sc2c(c1C)C(c1ccc(-c3ccc(C(=O)NCc4ccc(S(=O)(=O)Nc5ccc(C)c6c(C#N)c[nH]c56)cc4)cc3)cc1)=N[C@@H](CC(=O)OC(C)(C)C)c1nnc(C)n1-2. The number of aryl methyl sites for hydroxylation is 3. The number of thiophene rings is 1. The molecule has 0 saturated heterocycles. The van der Waals surface area contributed by atoms with Gasteiger partial charge in [-0.2, -0.15) is 5.26 Å². The van der Waals surface area contributed by atoms with Crippen molar-refractivity contribution in [1.82, 2.24) is 25.1 Å². The van der Waals surface area contributed by atoms with Crippen LogP contribution in [0.5, 0.6) is 0 Å². The number of carbonyl (C=O) groups is 2. The first-order valence-electron chi connectivity index (χ1n) is 19.9. The largest absolute Gasteiger partial charge is 0.460 e. The van der Waals surface area contributed by atoms with E-state index >= 15 is 0 Å². The number of nitriles is 1. The molecule has 4 aromatic carbocycles. The molecule has 3 N–H and O–H groups in total. The molecule has 314 valence electrons. The highest BCUT2D eigenvalue weighted by atomic mass is 32.2. The van der Waals surface area contributed by atoms with Crippen molar-refractivity contribution in [2.75, 3.05) is 4.72 Å². The summed E-state index contributed by atoms with van der Waals surface area (Å²) in [7, 11) is -3.94. The molecule has 15 heteroatoms. The number of fused-ring (bicyclic) bond motifs is 4. The van der Waals surface area contributed by atoms with Crippen LogP contribution in [0.25, 0.3) is 27.0 Å². The lowest BCUT2D eigenvalue weighted by Crippen LogP contribution is -2.25. The molecule has 13 nitrogen and oxygen atoms in total. The van der Waals surface area contributed by atoms with E-state index in [1.54, 1.807) is 53.9 Å². The van der Waals surface area contributed by atoms with Crippen LogP contribution in [0.4, 0.5) is 5.69 Å². The number of aromatic nitrogens is 4. The number of ether oxygens (including phenoxy) is 1. The highest BCUT2D eigenvalue weighted by Gasteiger charge is 2.33. The van der Waals surface area contributed by atoms with E-state index in [9.17, 15) is 23.3 Å². The van der Waals surface area contributed by atoms with Crippen molar-refractivity contribution >= 4 is 55.5 Å². The number of amides is 1. The maximum atomic E-state index is 13.3. The Kier molecular flexibility index (Phi) is 10.9. The van der Waals surface area contributed by atoms with E-state index in [0.717, 1.165) is 54.5 Å². The fourth-order valence-electron chi connectivity index (χ4n) is 7.57. The Balaban J connectivity index is 0.951. The molecular formula is C47H44N8O5S2. The first-order valence-corrected chi connectivity index (χ1v) is 22.2. The van der Waals surface area contributed by atoms with E-state index in [2.05, 4.69) is 45.1 Å². The zero-order valence-electron chi connectivity index (χ0n) is 35.2. The third-order valence-electron chi connectivity index (χ3n) is 10.8. The Morgan fingerprint density at radius 2 is 1.56 bits per heavy atom. The number of hydrogen-bond acceptors (Lipinski definition) is 10. The van der Waals surface area contributed by atoms with Gasteiger partial charge in [0.25, 0.3) is 15.9 Å². The van der Waals surface area contributed by atoms with Gasteiger partial charge in [-0.1, -0.05) is 54.6 Å². The van der Waals surface area contributed by atoms with Gasteiger partial charge in [-0.25, -0.2) is 8.42 Å². The number of H-pyrrole nitrogens is 1. The summed E-state index contributed by atoms with van der Waals surface area (Å²) in [6.45, 7) is 13.7. The first kappa shape index (κ1) is 41.8. The van der Waals surface area contributed by atoms with E-state index in [1.165, 1.54) is 12.1 Å². The average molecular weight is 865 g/mol. The Morgan fingerprint density at radius 3 is 2.23 bits per heavy atom. The predicted molar refractivity (Wildman–Crippen MR) is 240 cm³/mol. The van der Waals surface area contributed by atoms with Gasteiger partial charge in [0, 0.05) is 39.7 Å². The summed E-state index contributed by atoms with van der Waals surface area (Å²) in [5.74, 6) is 0.673. The summed E-state index contributed by atoms with van der Waals surface area (Å²) in [6, 6.07) is 26.7. The number of aliphatic imine (C=N–C) groups is 1. The number of sulfonamides is 1. The quantitative estimate of drug-likeness (QED) is 0.114.